The number of hydrogen-bond acceptors (Lipinski definition) is 1. The first-order valence-corrected chi connectivity index (χ1v) is 4.50. The van der Waals surface area contributed by atoms with E-state index in [9.17, 15) is 9.18 Å². The molecule has 0 aromatic heterocycles. The van der Waals surface area contributed by atoms with Gasteiger partial charge in [0, 0.05) is 5.56 Å². The van der Waals surface area contributed by atoms with Gasteiger partial charge in [-0.15, -0.1) is 0 Å². The summed E-state index contributed by atoms with van der Waals surface area (Å²) in [4.78, 5) is 9.88. The van der Waals surface area contributed by atoms with Crippen LogP contribution in [0.4, 0.5) is 4.39 Å². The molecule has 0 saturated carbocycles. The smallest absolute Gasteiger partial charge is 0.239 e. The number of carbonyl (C=O) groups is 1. The summed E-state index contributed by atoms with van der Waals surface area (Å²) in [6.45, 7) is 0. The molecule has 1 nitrogen and oxygen atoms in total. The Morgan fingerprint density at radius 1 is 1.50 bits per heavy atom. The lowest BCUT2D eigenvalue weighted by atomic mass is 10.1. The van der Waals surface area contributed by atoms with Crippen LogP contribution in [-0.4, -0.2) is 5.24 Å². The van der Waals surface area contributed by atoms with Gasteiger partial charge in [0.1, 0.15) is 10.6 Å². The Hall–Kier alpha value is -0.410. The molecule has 0 bridgehead atoms. The average molecular weight is 251 g/mol. The molecule has 0 aliphatic heterocycles. The second kappa shape index (κ2) is 4.01. The zero-order valence-corrected chi connectivity index (χ0v) is 8.27. The van der Waals surface area contributed by atoms with E-state index >= 15 is 0 Å². The van der Waals surface area contributed by atoms with Gasteiger partial charge in [-0.25, -0.2) is 4.39 Å². The van der Waals surface area contributed by atoms with Crippen LogP contribution in [0.1, 0.15) is 10.4 Å². The van der Waals surface area contributed by atoms with Crippen molar-refractivity contribution in [3.05, 3.63) is 35.6 Å². The Bertz CT molecular complexity index is 303. The van der Waals surface area contributed by atoms with Crippen LogP contribution in [0.3, 0.4) is 0 Å². The highest BCUT2D eigenvalue weighted by atomic mass is 79.9. The van der Waals surface area contributed by atoms with Crippen LogP contribution in [0.5, 0.6) is 0 Å². The van der Waals surface area contributed by atoms with Gasteiger partial charge < -0.3 is 0 Å². The molecule has 1 unspecified atom stereocenters. The lowest BCUT2D eigenvalue weighted by Gasteiger charge is -2.04. The van der Waals surface area contributed by atoms with E-state index in [0.29, 0.717) is 0 Å². The lowest BCUT2D eigenvalue weighted by molar-refractivity contribution is -0.111. The molecule has 0 saturated heterocycles. The van der Waals surface area contributed by atoms with Crippen molar-refractivity contribution in [2.75, 3.05) is 0 Å². The van der Waals surface area contributed by atoms with E-state index in [1.807, 2.05) is 0 Å². The fourth-order valence-corrected chi connectivity index (χ4v) is 1.29. The van der Waals surface area contributed by atoms with Crippen molar-refractivity contribution in [3.63, 3.8) is 0 Å². The van der Waals surface area contributed by atoms with Gasteiger partial charge in [0.15, 0.2) is 0 Å². The van der Waals surface area contributed by atoms with Crippen molar-refractivity contribution in [2.45, 2.75) is 4.83 Å². The molecule has 12 heavy (non-hydrogen) atoms. The van der Waals surface area contributed by atoms with E-state index in [1.54, 1.807) is 12.1 Å². The van der Waals surface area contributed by atoms with E-state index in [0.717, 1.165) is 0 Å². The molecule has 0 amide bonds. The summed E-state index contributed by atoms with van der Waals surface area (Å²) in [5.41, 5.74) is 0.262. The largest absolute Gasteiger partial charge is 0.280 e. The number of alkyl halides is 1. The predicted octanol–water partition coefficient (Wildman–Crippen LogP) is 3.03. The SMILES string of the molecule is O=C(Cl)C(Br)c1ccccc1F. The van der Waals surface area contributed by atoms with Crippen LogP contribution < -0.4 is 0 Å². The maximum atomic E-state index is 13.0. The standard InChI is InChI=1S/C8H5BrClFO/c9-7(8(10)12)5-3-1-2-4-6(5)11/h1-4,7H. The third kappa shape index (κ3) is 2.05. The second-order valence-corrected chi connectivity index (χ2v) is 3.48. The van der Waals surface area contributed by atoms with Gasteiger partial charge in [-0.05, 0) is 17.7 Å². The summed E-state index contributed by atoms with van der Waals surface area (Å²) in [7, 11) is 0. The molecule has 0 spiro atoms. The number of benzene rings is 1. The van der Waals surface area contributed by atoms with Gasteiger partial charge in [0.05, 0.1) is 0 Å². The quantitative estimate of drug-likeness (QED) is 0.583. The monoisotopic (exact) mass is 250 g/mol. The van der Waals surface area contributed by atoms with E-state index in [1.165, 1.54) is 12.1 Å². The first-order chi connectivity index (χ1) is 5.63. The van der Waals surface area contributed by atoms with Gasteiger partial charge in [0.25, 0.3) is 0 Å². The van der Waals surface area contributed by atoms with Crippen LogP contribution in [-0.2, 0) is 4.79 Å². The molecular formula is C8H5BrClFO. The van der Waals surface area contributed by atoms with Crippen molar-refractivity contribution < 1.29 is 9.18 Å². The van der Waals surface area contributed by atoms with Crippen molar-refractivity contribution in [2.24, 2.45) is 0 Å². The molecule has 0 fully saturated rings. The number of hydrogen-bond donors (Lipinski definition) is 0. The average Bonchev–Trinajstić information content (AvgIpc) is 2.04. The Morgan fingerprint density at radius 2 is 2.08 bits per heavy atom. The zero-order valence-electron chi connectivity index (χ0n) is 5.93. The van der Waals surface area contributed by atoms with E-state index in [-0.39, 0.29) is 5.56 Å². The van der Waals surface area contributed by atoms with Crippen molar-refractivity contribution in [1.82, 2.24) is 0 Å². The minimum Gasteiger partial charge on any atom is -0.280 e. The molecule has 0 N–H and O–H groups in total. The summed E-state index contributed by atoms with van der Waals surface area (Å²) in [5, 5.41) is -0.625. The summed E-state index contributed by atoms with van der Waals surface area (Å²) in [5.74, 6) is -0.437. The Balaban J connectivity index is 3.02. The predicted molar refractivity (Wildman–Crippen MR) is 48.9 cm³/mol. The van der Waals surface area contributed by atoms with E-state index < -0.39 is 15.9 Å². The Labute approximate surface area is 82.7 Å². The molecule has 1 rings (SSSR count). The van der Waals surface area contributed by atoms with Gasteiger partial charge in [-0.1, -0.05) is 34.1 Å². The van der Waals surface area contributed by atoms with Gasteiger partial charge >= 0.3 is 0 Å². The number of carbonyl (C=O) groups excluding carboxylic acids is 1. The molecule has 0 radical (unpaired) electrons. The molecular weight excluding hydrogens is 246 g/mol. The third-order valence-electron chi connectivity index (χ3n) is 1.38. The van der Waals surface area contributed by atoms with Gasteiger partial charge in [-0.2, -0.15) is 0 Å². The molecule has 4 heteroatoms. The van der Waals surface area contributed by atoms with Crippen molar-refractivity contribution in [3.8, 4) is 0 Å². The summed E-state index contributed by atoms with van der Waals surface area (Å²) < 4.78 is 13.0. The minimum absolute atomic E-state index is 0.262. The van der Waals surface area contributed by atoms with Crippen LogP contribution in [0.15, 0.2) is 24.3 Å². The maximum Gasteiger partial charge on any atom is 0.239 e. The topological polar surface area (TPSA) is 17.1 Å². The number of halogens is 3. The summed E-state index contributed by atoms with van der Waals surface area (Å²) >= 11 is 8.16. The molecule has 1 aromatic carbocycles. The first kappa shape index (κ1) is 9.68. The fraction of sp³-hybridized carbons (Fsp3) is 0.125. The van der Waals surface area contributed by atoms with Gasteiger partial charge in [-0.3, -0.25) is 4.79 Å². The highest BCUT2D eigenvalue weighted by molar-refractivity contribution is 9.09. The highest BCUT2D eigenvalue weighted by Gasteiger charge is 2.17. The maximum absolute atomic E-state index is 13.0. The summed E-state index contributed by atoms with van der Waals surface area (Å²) in [6.07, 6.45) is 0. The minimum atomic E-state index is -0.764. The Morgan fingerprint density at radius 3 is 2.58 bits per heavy atom. The van der Waals surface area contributed by atoms with Crippen LogP contribution >= 0.6 is 27.5 Å². The first-order valence-electron chi connectivity index (χ1n) is 3.21. The highest BCUT2D eigenvalue weighted by Crippen LogP contribution is 2.26. The summed E-state index contributed by atoms with van der Waals surface area (Å²) in [6, 6.07) is 5.99. The third-order valence-corrected chi connectivity index (χ3v) is 2.77. The van der Waals surface area contributed by atoms with Gasteiger partial charge in [0.2, 0.25) is 5.24 Å². The zero-order chi connectivity index (χ0) is 9.14. The van der Waals surface area contributed by atoms with E-state index in [4.69, 9.17) is 11.6 Å². The number of rotatable bonds is 2. The molecule has 0 aliphatic carbocycles. The molecule has 0 heterocycles. The molecule has 0 aliphatic rings. The second-order valence-electron chi connectivity index (χ2n) is 2.19. The molecule has 1 atom stereocenters. The molecule has 64 valence electrons. The normalized spacial score (nSPS) is 12.6. The van der Waals surface area contributed by atoms with Crippen LogP contribution in [0, 0.1) is 5.82 Å². The molecule has 1 aromatic rings. The Kier molecular flexibility index (Phi) is 3.23. The van der Waals surface area contributed by atoms with Crippen molar-refractivity contribution >= 4 is 32.8 Å². The van der Waals surface area contributed by atoms with Crippen LogP contribution in [0.2, 0.25) is 0 Å². The fourth-order valence-electron chi connectivity index (χ4n) is 0.803. The lowest BCUT2D eigenvalue weighted by Crippen LogP contribution is -2.00. The van der Waals surface area contributed by atoms with E-state index in [2.05, 4.69) is 15.9 Å². The van der Waals surface area contributed by atoms with Crippen molar-refractivity contribution in [1.29, 1.82) is 0 Å². The van der Waals surface area contributed by atoms with Crippen LogP contribution in [0.25, 0.3) is 0 Å².